The van der Waals surface area contributed by atoms with Crippen LogP contribution in [0.25, 0.3) is 0 Å². The lowest BCUT2D eigenvalue weighted by atomic mass is 10.3. The van der Waals surface area contributed by atoms with Crippen molar-refractivity contribution in [3.05, 3.63) is 29.8 Å². The number of hydrogen-bond donors (Lipinski definition) is 0. The smallest absolute Gasteiger partial charge is 0.130 e. The molecule has 0 aromatic heterocycles. The lowest BCUT2D eigenvalue weighted by Gasteiger charge is -1.97. The van der Waals surface area contributed by atoms with Gasteiger partial charge < -0.3 is 0 Å². The molecule has 1 rings (SSSR count). The van der Waals surface area contributed by atoms with Crippen LogP contribution in [0.2, 0.25) is 0 Å². The fourth-order valence-electron chi connectivity index (χ4n) is 0.689. The van der Waals surface area contributed by atoms with Gasteiger partial charge in [0.15, 0.2) is 0 Å². The first-order chi connectivity index (χ1) is 4.74. The highest BCUT2D eigenvalue weighted by Gasteiger charge is 1.99. The van der Waals surface area contributed by atoms with E-state index in [4.69, 9.17) is 0 Å². The van der Waals surface area contributed by atoms with Gasteiger partial charge in [-0.15, -0.1) is 0 Å². The topological polar surface area (TPSA) is 0 Å². The summed E-state index contributed by atoms with van der Waals surface area (Å²) < 4.78 is 25.0. The summed E-state index contributed by atoms with van der Waals surface area (Å²) in [6, 6.07) is 3.51. The second-order valence-corrected chi connectivity index (χ2v) is 2.91. The average molecular weight is 160 g/mol. The summed E-state index contributed by atoms with van der Waals surface area (Å²) in [6.07, 6.45) is 0. The molecule has 1 aromatic carbocycles. The van der Waals surface area contributed by atoms with Crippen molar-refractivity contribution in [2.24, 2.45) is 0 Å². The molecule has 1 aromatic rings. The number of halogens is 2. The average Bonchev–Trinajstić information content (AvgIpc) is 1.94. The Labute approximate surface area is 60.0 Å². The fraction of sp³-hybridized carbons (Fsp3) is 0.143. The van der Waals surface area contributed by atoms with Crippen LogP contribution in [-0.2, 0) is 0 Å². The lowest BCUT2D eigenvalue weighted by molar-refractivity contribution is 0.607. The molecule has 0 spiro atoms. The molecule has 0 saturated heterocycles. The van der Waals surface area contributed by atoms with E-state index in [9.17, 15) is 8.78 Å². The largest absolute Gasteiger partial charge is 0.207 e. The summed E-state index contributed by atoms with van der Waals surface area (Å²) in [5, 5.41) is 0.458. The zero-order valence-corrected chi connectivity index (χ0v) is 6.49. The molecule has 10 heavy (non-hydrogen) atoms. The molecule has 0 N–H and O–H groups in total. The molecule has 0 amide bonds. The van der Waals surface area contributed by atoms with Gasteiger partial charge in [-0.05, 0) is 24.9 Å². The minimum atomic E-state index is -0.370. The van der Waals surface area contributed by atoms with Gasteiger partial charge in [0.05, 0.1) is 0 Å². The van der Waals surface area contributed by atoms with Crippen LogP contribution in [0.1, 0.15) is 0 Å². The van der Waals surface area contributed by atoms with Crippen LogP contribution in [0.4, 0.5) is 8.78 Å². The third-order valence-corrected chi connectivity index (χ3v) is 2.12. The number of benzene rings is 1. The Bertz CT molecular complexity index is 235. The summed E-state index contributed by atoms with van der Waals surface area (Å²) >= 11 is 0. The van der Waals surface area contributed by atoms with Crippen molar-refractivity contribution < 1.29 is 8.78 Å². The van der Waals surface area contributed by atoms with Gasteiger partial charge in [0.2, 0.25) is 0 Å². The maximum Gasteiger partial charge on any atom is 0.130 e. The van der Waals surface area contributed by atoms with Gasteiger partial charge in [0.1, 0.15) is 11.6 Å². The molecule has 0 aliphatic heterocycles. The van der Waals surface area contributed by atoms with E-state index >= 15 is 0 Å². The van der Waals surface area contributed by atoms with Crippen LogP contribution in [0, 0.1) is 11.6 Å². The van der Waals surface area contributed by atoms with Crippen molar-refractivity contribution in [2.45, 2.75) is 0 Å². The first-order valence-electron chi connectivity index (χ1n) is 2.87. The van der Waals surface area contributed by atoms with Gasteiger partial charge in [-0.3, -0.25) is 0 Å². The van der Waals surface area contributed by atoms with Gasteiger partial charge in [-0.2, -0.15) is 0 Å². The maximum atomic E-state index is 12.6. The van der Waals surface area contributed by atoms with Crippen molar-refractivity contribution in [1.29, 1.82) is 0 Å². The molecule has 54 valence electrons. The molecule has 0 saturated carbocycles. The van der Waals surface area contributed by atoms with E-state index in [-0.39, 0.29) is 11.6 Å². The normalized spacial score (nSPS) is 11.1. The summed E-state index contributed by atoms with van der Waals surface area (Å²) in [5.41, 5.74) is 0. The Balaban J connectivity index is 3.09. The second-order valence-electron chi connectivity index (χ2n) is 1.87. The molecule has 0 aliphatic rings. The highest BCUT2D eigenvalue weighted by molar-refractivity contribution is 7.46. The van der Waals surface area contributed by atoms with Crippen molar-refractivity contribution in [3.63, 3.8) is 0 Å². The summed E-state index contributed by atoms with van der Waals surface area (Å²) in [7, 11) is 0.310. The quantitative estimate of drug-likeness (QED) is 0.550. The summed E-state index contributed by atoms with van der Waals surface area (Å²) in [4.78, 5) is 0. The second kappa shape index (κ2) is 3.07. The Kier molecular flexibility index (Phi) is 2.34. The Hall–Kier alpha value is -0.490. The molecule has 0 heterocycles. The van der Waals surface area contributed by atoms with Crippen molar-refractivity contribution in [2.75, 3.05) is 6.66 Å². The summed E-state index contributed by atoms with van der Waals surface area (Å²) in [5.74, 6) is -0.687. The predicted octanol–water partition coefficient (Wildman–Crippen LogP) is 1.90. The van der Waals surface area contributed by atoms with E-state index in [0.29, 0.717) is 13.9 Å². The highest BCUT2D eigenvalue weighted by atomic mass is 31.1. The van der Waals surface area contributed by atoms with Gasteiger partial charge >= 0.3 is 0 Å². The molecule has 0 fully saturated rings. The van der Waals surface area contributed by atoms with E-state index in [1.807, 2.05) is 6.66 Å². The molecule has 1 unspecified atom stereocenters. The Morgan fingerprint density at radius 2 is 2.00 bits per heavy atom. The molecule has 3 heteroatoms. The van der Waals surface area contributed by atoms with Crippen molar-refractivity contribution in [1.82, 2.24) is 0 Å². The van der Waals surface area contributed by atoms with Crippen molar-refractivity contribution >= 4 is 13.9 Å². The zero-order chi connectivity index (χ0) is 7.56. The first kappa shape index (κ1) is 7.62. The maximum absolute atomic E-state index is 12.6. The minimum absolute atomic E-state index is 0.310. The lowest BCUT2D eigenvalue weighted by Crippen LogP contribution is -2.00. The van der Waals surface area contributed by atoms with Crippen LogP contribution < -0.4 is 5.30 Å². The molecule has 0 aliphatic carbocycles. The molecule has 0 nitrogen and oxygen atoms in total. The fourth-order valence-corrected chi connectivity index (χ4v) is 1.29. The highest BCUT2D eigenvalue weighted by Crippen LogP contribution is 2.08. The van der Waals surface area contributed by atoms with E-state index in [0.717, 1.165) is 12.1 Å². The predicted molar refractivity (Wildman–Crippen MR) is 40.2 cm³/mol. The van der Waals surface area contributed by atoms with Crippen LogP contribution in [0.15, 0.2) is 18.2 Å². The molecule has 0 radical (unpaired) electrons. The molecular weight excluding hydrogens is 153 g/mol. The zero-order valence-electron chi connectivity index (χ0n) is 5.49. The van der Waals surface area contributed by atoms with Crippen LogP contribution in [-0.4, -0.2) is 6.66 Å². The standard InChI is InChI=1S/C7H7F2P/c1-10-7-4-5(8)2-3-6(7)9/h2-4,10H,1H3. The van der Waals surface area contributed by atoms with Gasteiger partial charge in [-0.25, -0.2) is 8.78 Å². The van der Waals surface area contributed by atoms with Crippen molar-refractivity contribution in [3.8, 4) is 0 Å². The monoisotopic (exact) mass is 160 g/mol. The Morgan fingerprint density at radius 3 is 2.50 bits per heavy atom. The molecule has 0 bridgehead atoms. The third kappa shape index (κ3) is 1.51. The van der Waals surface area contributed by atoms with Gasteiger partial charge in [-0.1, -0.05) is 8.58 Å². The molecule has 1 atom stereocenters. The Morgan fingerprint density at radius 1 is 1.30 bits per heavy atom. The molecular formula is C7H7F2P. The van der Waals surface area contributed by atoms with E-state index in [1.54, 1.807) is 0 Å². The third-order valence-electron chi connectivity index (χ3n) is 1.20. The first-order valence-corrected chi connectivity index (χ1v) is 4.37. The van der Waals surface area contributed by atoms with E-state index < -0.39 is 0 Å². The van der Waals surface area contributed by atoms with Gasteiger partial charge in [0, 0.05) is 5.30 Å². The number of rotatable bonds is 1. The van der Waals surface area contributed by atoms with E-state index in [1.165, 1.54) is 6.07 Å². The summed E-state index contributed by atoms with van der Waals surface area (Å²) in [6.45, 7) is 1.82. The number of hydrogen-bond acceptors (Lipinski definition) is 0. The van der Waals surface area contributed by atoms with E-state index in [2.05, 4.69) is 0 Å². The van der Waals surface area contributed by atoms with Gasteiger partial charge in [0.25, 0.3) is 0 Å². The van der Waals surface area contributed by atoms with Crippen LogP contribution >= 0.6 is 8.58 Å². The SMILES string of the molecule is CPc1cc(F)ccc1F. The van der Waals surface area contributed by atoms with Crippen LogP contribution in [0.3, 0.4) is 0 Å². The van der Waals surface area contributed by atoms with Crippen LogP contribution in [0.5, 0.6) is 0 Å². The minimum Gasteiger partial charge on any atom is -0.207 e.